The molecule has 1 aliphatic carbocycles. The average Bonchev–Trinajstić information content (AvgIpc) is 2.17. The molecule has 96 valence electrons. The molecule has 0 aliphatic heterocycles. The Morgan fingerprint density at radius 1 is 0.812 bits per heavy atom. The molecular formula is C9H11Cl2F5. The van der Waals surface area contributed by atoms with Crippen molar-refractivity contribution in [3.63, 3.8) is 0 Å². The van der Waals surface area contributed by atoms with Crippen LogP contribution in [0.3, 0.4) is 0 Å². The van der Waals surface area contributed by atoms with E-state index < -0.39 is 22.4 Å². The van der Waals surface area contributed by atoms with Crippen LogP contribution in [0.4, 0.5) is 22.0 Å². The van der Waals surface area contributed by atoms with Gasteiger partial charge in [-0.05, 0) is 12.8 Å². The van der Waals surface area contributed by atoms with Gasteiger partial charge in [-0.25, -0.2) is 8.78 Å². The molecule has 16 heavy (non-hydrogen) atoms. The molecule has 0 aromatic carbocycles. The third-order valence-corrected chi connectivity index (χ3v) is 4.05. The van der Waals surface area contributed by atoms with Crippen LogP contribution in [0.25, 0.3) is 0 Å². The van der Waals surface area contributed by atoms with Gasteiger partial charge in [-0.1, -0.05) is 42.5 Å². The zero-order chi connectivity index (χ0) is 12.6. The summed E-state index contributed by atoms with van der Waals surface area (Å²) >= 11 is 9.74. The van der Waals surface area contributed by atoms with Gasteiger partial charge in [-0.15, -0.1) is 0 Å². The maximum absolute atomic E-state index is 13.8. The molecule has 0 radical (unpaired) electrons. The number of hydrogen-bond acceptors (Lipinski definition) is 0. The van der Waals surface area contributed by atoms with E-state index >= 15 is 0 Å². The van der Waals surface area contributed by atoms with E-state index in [1.54, 1.807) is 0 Å². The molecule has 7 heteroatoms. The Morgan fingerprint density at radius 2 is 1.25 bits per heavy atom. The van der Waals surface area contributed by atoms with Gasteiger partial charge in [0.1, 0.15) is 0 Å². The highest BCUT2D eigenvalue weighted by atomic mass is 35.5. The predicted molar refractivity (Wildman–Crippen MR) is 52.0 cm³/mol. The van der Waals surface area contributed by atoms with Gasteiger partial charge in [0.15, 0.2) is 0 Å². The van der Waals surface area contributed by atoms with Crippen LogP contribution in [-0.2, 0) is 0 Å². The monoisotopic (exact) mass is 284 g/mol. The van der Waals surface area contributed by atoms with Crippen LogP contribution in [-0.4, -0.2) is 16.4 Å². The number of hydrogen-bond donors (Lipinski definition) is 0. The van der Waals surface area contributed by atoms with Crippen molar-refractivity contribution in [3.8, 4) is 0 Å². The lowest BCUT2D eigenvalue weighted by atomic mass is 9.83. The quantitative estimate of drug-likeness (QED) is 0.498. The standard InChI is InChI=1S/C9H11Cl2F5/c10-7(12,6-4-2-1-3-5-6)8(11,13)9(14,15)16/h6H,1-5H2. The van der Waals surface area contributed by atoms with Crippen molar-refractivity contribution >= 4 is 23.2 Å². The van der Waals surface area contributed by atoms with Crippen LogP contribution >= 0.6 is 23.2 Å². The molecule has 1 fully saturated rings. The Labute approximate surface area is 100 Å². The van der Waals surface area contributed by atoms with Gasteiger partial charge in [0.05, 0.1) is 0 Å². The van der Waals surface area contributed by atoms with E-state index in [9.17, 15) is 22.0 Å². The summed E-state index contributed by atoms with van der Waals surface area (Å²) in [5.74, 6) is -1.20. The van der Waals surface area contributed by atoms with Crippen molar-refractivity contribution < 1.29 is 22.0 Å². The van der Waals surface area contributed by atoms with E-state index in [2.05, 4.69) is 11.6 Å². The van der Waals surface area contributed by atoms with Crippen LogP contribution in [0, 0.1) is 5.92 Å². The lowest BCUT2D eigenvalue weighted by molar-refractivity contribution is -0.231. The summed E-state index contributed by atoms with van der Waals surface area (Å²) in [6.07, 6.45) is -3.43. The summed E-state index contributed by atoms with van der Waals surface area (Å²) in [5, 5.41) is -8.14. The molecule has 1 rings (SSSR count). The van der Waals surface area contributed by atoms with E-state index in [1.807, 2.05) is 0 Å². The second-order valence-corrected chi connectivity index (χ2v) is 5.10. The van der Waals surface area contributed by atoms with Gasteiger partial charge in [-0.2, -0.15) is 13.2 Å². The molecule has 0 heterocycles. The molecule has 0 amide bonds. The molecule has 1 saturated carbocycles. The Bertz CT molecular complexity index is 243. The first kappa shape index (κ1) is 14.3. The number of rotatable bonds is 2. The zero-order valence-corrected chi connectivity index (χ0v) is 9.77. The maximum atomic E-state index is 13.8. The molecule has 0 aromatic heterocycles. The molecule has 0 nitrogen and oxygen atoms in total. The van der Waals surface area contributed by atoms with E-state index in [0.717, 1.165) is 6.42 Å². The fourth-order valence-corrected chi connectivity index (χ4v) is 2.39. The highest BCUT2D eigenvalue weighted by molar-refractivity contribution is 6.33. The van der Waals surface area contributed by atoms with Crippen molar-refractivity contribution in [1.29, 1.82) is 0 Å². The van der Waals surface area contributed by atoms with Crippen LogP contribution < -0.4 is 0 Å². The largest absolute Gasteiger partial charge is 0.441 e. The summed E-state index contributed by atoms with van der Waals surface area (Å²) in [5.41, 5.74) is 0. The van der Waals surface area contributed by atoms with Crippen LogP contribution in [0.1, 0.15) is 32.1 Å². The van der Waals surface area contributed by atoms with Crippen molar-refractivity contribution in [2.75, 3.05) is 0 Å². The minimum Gasteiger partial charge on any atom is -0.221 e. The SMILES string of the molecule is FC(F)(F)C(F)(Cl)C(F)(Cl)C1CCCCC1. The third kappa shape index (κ3) is 2.40. The van der Waals surface area contributed by atoms with E-state index in [4.69, 9.17) is 11.6 Å². The molecular weight excluding hydrogens is 274 g/mol. The van der Waals surface area contributed by atoms with E-state index in [-0.39, 0.29) is 12.8 Å². The topological polar surface area (TPSA) is 0 Å². The van der Waals surface area contributed by atoms with Gasteiger partial charge in [0, 0.05) is 5.92 Å². The molecule has 0 bridgehead atoms. The van der Waals surface area contributed by atoms with Gasteiger partial charge in [0.2, 0.25) is 5.13 Å². The Balaban J connectivity index is 2.90. The fraction of sp³-hybridized carbons (Fsp3) is 1.00. The maximum Gasteiger partial charge on any atom is 0.441 e. The third-order valence-electron chi connectivity index (χ3n) is 2.89. The summed E-state index contributed by atoms with van der Waals surface area (Å²) in [7, 11) is 0. The normalized spacial score (nSPS) is 27.2. The molecule has 0 spiro atoms. The van der Waals surface area contributed by atoms with Crippen molar-refractivity contribution in [2.45, 2.75) is 48.5 Å². The second kappa shape index (κ2) is 4.48. The van der Waals surface area contributed by atoms with Gasteiger partial charge >= 0.3 is 11.3 Å². The smallest absolute Gasteiger partial charge is 0.221 e. The molecule has 0 saturated heterocycles. The van der Waals surface area contributed by atoms with E-state index in [0.29, 0.717) is 12.8 Å². The molecule has 1 aliphatic rings. The summed E-state index contributed by atoms with van der Waals surface area (Å²) in [6, 6.07) is 0. The zero-order valence-electron chi connectivity index (χ0n) is 8.26. The highest BCUT2D eigenvalue weighted by Gasteiger charge is 2.70. The van der Waals surface area contributed by atoms with Crippen LogP contribution in [0.15, 0.2) is 0 Å². The van der Waals surface area contributed by atoms with Gasteiger partial charge in [-0.3, -0.25) is 0 Å². The average molecular weight is 285 g/mol. The van der Waals surface area contributed by atoms with Crippen molar-refractivity contribution in [1.82, 2.24) is 0 Å². The minimum absolute atomic E-state index is 0.120. The van der Waals surface area contributed by atoms with Crippen LogP contribution in [0.5, 0.6) is 0 Å². The van der Waals surface area contributed by atoms with Crippen LogP contribution in [0.2, 0.25) is 0 Å². The fourth-order valence-electron chi connectivity index (χ4n) is 1.91. The highest BCUT2D eigenvalue weighted by Crippen LogP contribution is 2.55. The summed E-state index contributed by atoms with van der Waals surface area (Å²) in [4.78, 5) is 0. The Kier molecular flexibility index (Phi) is 4.00. The molecule has 0 N–H and O–H groups in total. The molecule has 2 atom stereocenters. The van der Waals surface area contributed by atoms with Crippen molar-refractivity contribution in [2.24, 2.45) is 5.92 Å². The van der Waals surface area contributed by atoms with E-state index in [1.165, 1.54) is 0 Å². The second-order valence-electron chi connectivity index (χ2n) is 4.03. The first-order valence-electron chi connectivity index (χ1n) is 4.93. The minimum atomic E-state index is -5.53. The van der Waals surface area contributed by atoms with Gasteiger partial charge in [0.25, 0.3) is 0 Å². The predicted octanol–water partition coefficient (Wildman–Crippen LogP) is 4.94. The Morgan fingerprint density at radius 3 is 1.62 bits per heavy atom. The summed E-state index contributed by atoms with van der Waals surface area (Å²) in [6.45, 7) is 0. The van der Waals surface area contributed by atoms with Crippen molar-refractivity contribution in [3.05, 3.63) is 0 Å². The molecule has 0 aromatic rings. The lowest BCUT2D eigenvalue weighted by Gasteiger charge is -2.38. The number of alkyl halides is 7. The lowest BCUT2D eigenvalue weighted by Crippen LogP contribution is -2.54. The first-order valence-corrected chi connectivity index (χ1v) is 5.68. The van der Waals surface area contributed by atoms with Gasteiger partial charge < -0.3 is 0 Å². The number of halogens is 7. The Hall–Kier alpha value is 0.230. The first-order chi connectivity index (χ1) is 7.11. The molecule has 2 unspecified atom stereocenters. The summed E-state index contributed by atoms with van der Waals surface area (Å²) < 4.78 is 63.8.